The van der Waals surface area contributed by atoms with Gasteiger partial charge in [0, 0.05) is 12.8 Å². The molecule has 0 fully saturated rings. The number of hydrogen-bond acceptors (Lipinski definition) is 5. The Bertz CT molecular complexity index is 858. The lowest BCUT2D eigenvalue weighted by Gasteiger charge is -2.22. The Balaban J connectivity index is 3.46. The first-order chi connectivity index (χ1) is 27.0. The van der Waals surface area contributed by atoms with E-state index in [0.29, 0.717) is 25.9 Å². The summed E-state index contributed by atoms with van der Waals surface area (Å²) in [6.07, 6.45) is 51.4. The van der Waals surface area contributed by atoms with E-state index >= 15 is 0 Å². The predicted molar refractivity (Wildman–Crippen MR) is 236 cm³/mol. The highest BCUT2D eigenvalue weighted by Crippen LogP contribution is 2.15. The van der Waals surface area contributed by atoms with Crippen molar-refractivity contribution in [2.24, 2.45) is 0 Å². The summed E-state index contributed by atoms with van der Waals surface area (Å²) in [6, 6.07) is -0.557. The third kappa shape index (κ3) is 41.8. The second-order valence-corrected chi connectivity index (χ2v) is 16.4. The molecular weight excluding hydrogens is 683 g/mol. The number of aliphatic hydroxyl groups is 2. The van der Waals surface area contributed by atoms with Gasteiger partial charge in [-0.15, -0.1) is 0 Å². The second-order valence-electron chi connectivity index (χ2n) is 16.4. The molecule has 6 heteroatoms. The number of carbonyl (C=O) groups is 2. The van der Waals surface area contributed by atoms with Crippen LogP contribution in [0.15, 0.2) is 24.3 Å². The van der Waals surface area contributed by atoms with Gasteiger partial charge in [0.05, 0.1) is 25.4 Å². The van der Waals surface area contributed by atoms with Crippen LogP contribution in [-0.2, 0) is 14.3 Å². The summed E-state index contributed by atoms with van der Waals surface area (Å²) in [4.78, 5) is 24.4. The molecule has 0 aliphatic rings. The van der Waals surface area contributed by atoms with Crippen LogP contribution in [-0.4, -0.2) is 47.4 Å². The Hall–Kier alpha value is -1.66. The maximum atomic E-state index is 12.4. The van der Waals surface area contributed by atoms with Gasteiger partial charge in [-0.2, -0.15) is 0 Å². The summed E-state index contributed by atoms with van der Waals surface area (Å²) >= 11 is 0. The molecular formula is C49H93NO5. The average molecular weight is 776 g/mol. The average Bonchev–Trinajstić information content (AvgIpc) is 3.18. The molecule has 0 aromatic carbocycles. The number of amides is 1. The van der Waals surface area contributed by atoms with Crippen LogP contribution in [0.2, 0.25) is 0 Å². The molecule has 0 bridgehead atoms. The highest BCUT2D eigenvalue weighted by molar-refractivity contribution is 5.76. The van der Waals surface area contributed by atoms with Crippen molar-refractivity contribution in [3.05, 3.63) is 24.3 Å². The zero-order chi connectivity index (χ0) is 40.1. The molecule has 0 radical (unpaired) electrons. The molecule has 0 saturated carbocycles. The van der Waals surface area contributed by atoms with Gasteiger partial charge < -0.3 is 20.3 Å². The molecule has 0 heterocycles. The summed E-state index contributed by atoms with van der Waals surface area (Å²) in [5.41, 5.74) is 0. The van der Waals surface area contributed by atoms with E-state index in [1.54, 1.807) is 0 Å². The van der Waals surface area contributed by atoms with Crippen LogP contribution in [0.25, 0.3) is 0 Å². The largest absolute Gasteiger partial charge is 0.466 e. The van der Waals surface area contributed by atoms with E-state index in [-0.39, 0.29) is 18.5 Å². The van der Waals surface area contributed by atoms with Crippen molar-refractivity contribution in [2.75, 3.05) is 13.2 Å². The van der Waals surface area contributed by atoms with E-state index in [1.165, 1.54) is 154 Å². The number of rotatable bonds is 44. The topological polar surface area (TPSA) is 95.9 Å². The number of aliphatic hydroxyl groups excluding tert-OH is 2. The lowest BCUT2D eigenvalue weighted by atomic mass is 10.0. The van der Waals surface area contributed by atoms with Crippen LogP contribution in [0, 0.1) is 0 Å². The fraction of sp³-hybridized carbons (Fsp3) is 0.878. The molecule has 2 unspecified atom stereocenters. The predicted octanol–water partition coefficient (Wildman–Crippen LogP) is 14.0. The number of esters is 1. The van der Waals surface area contributed by atoms with E-state index in [2.05, 4.69) is 43.5 Å². The third-order valence-corrected chi connectivity index (χ3v) is 11.0. The number of carbonyl (C=O) groups excluding carboxylic acids is 2. The first kappa shape index (κ1) is 53.3. The zero-order valence-electron chi connectivity index (χ0n) is 36.7. The van der Waals surface area contributed by atoms with Crippen LogP contribution in [0.5, 0.6) is 0 Å². The first-order valence-electron chi connectivity index (χ1n) is 24.1. The number of ether oxygens (including phenoxy) is 1. The summed E-state index contributed by atoms with van der Waals surface area (Å²) < 4.78 is 5.45. The molecule has 2 atom stereocenters. The van der Waals surface area contributed by atoms with Gasteiger partial charge in [0.15, 0.2) is 0 Å². The van der Waals surface area contributed by atoms with Crippen LogP contribution in [0.1, 0.15) is 251 Å². The molecule has 0 spiro atoms. The molecule has 55 heavy (non-hydrogen) atoms. The van der Waals surface area contributed by atoms with Gasteiger partial charge >= 0.3 is 5.97 Å². The fourth-order valence-corrected chi connectivity index (χ4v) is 7.26. The summed E-state index contributed by atoms with van der Waals surface area (Å²) in [5, 5.41) is 23.1. The normalized spacial score (nSPS) is 12.9. The van der Waals surface area contributed by atoms with Gasteiger partial charge in [-0.25, -0.2) is 0 Å². The van der Waals surface area contributed by atoms with Crippen molar-refractivity contribution < 1.29 is 24.5 Å². The summed E-state index contributed by atoms with van der Waals surface area (Å²) in [6.45, 7) is 4.86. The minimum Gasteiger partial charge on any atom is -0.466 e. The quantitative estimate of drug-likeness (QED) is 0.0325. The van der Waals surface area contributed by atoms with Crippen LogP contribution in [0.4, 0.5) is 0 Å². The van der Waals surface area contributed by atoms with Gasteiger partial charge in [-0.1, -0.05) is 205 Å². The Morgan fingerprint density at radius 1 is 0.509 bits per heavy atom. The molecule has 6 nitrogen and oxygen atoms in total. The van der Waals surface area contributed by atoms with Gasteiger partial charge in [-0.3, -0.25) is 9.59 Å². The van der Waals surface area contributed by atoms with Gasteiger partial charge in [-0.05, 0) is 57.8 Å². The Kier molecular flexibility index (Phi) is 43.7. The fourth-order valence-electron chi connectivity index (χ4n) is 7.26. The number of allylic oxidation sites excluding steroid dienone is 4. The van der Waals surface area contributed by atoms with Crippen molar-refractivity contribution in [1.82, 2.24) is 5.32 Å². The lowest BCUT2D eigenvalue weighted by molar-refractivity contribution is -0.143. The SMILES string of the molecule is CCCCCC/C=C\C/C=C\CCCCCCCCCC(=O)OCCCCCCCCCCCCC(=O)NC(CO)C(O)CCCCCCCCCCCC. The Morgan fingerprint density at radius 2 is 0.909 bits per heavy atom. The van der Waals surface area contributed by atoms with Crippen molar-refractivity contribution in [1.29, 1.82) is 0 Å². The Labute approximate surface area is 341 Å². The number of unbranched alkanes of at least 4 members (excludes halogenated alkanes) is 29. The molecule has 0 aliphatic carbocycles. The summed E-state index contributed by atoms with van der Waals surface area (Å²) in [7, 11) is 0. The smallest absolute Gasteiger partial charge is 0.305 e. The van der Waals surface area contributed by atoms with Gasteiger partial charge in [0.25, 0.3) is 0 Å². The number of hydrogen-bond donors (Lipinski definition) is 3. The molecule has 3 N–H and O–H groups in total. The van der Waals surface area contributed by atoms with Crippen LogP contribution >= 0.6 is 0 Å². The van der Waals surface area contributed by atoms with Crippen molar-refractivity contribution in [2.45, 2.75) is 264 Å². The maximum Gasteiger partial charge on any atom is 0.305 e. The Morgan fingerprint density at radius 3 is 1.40 bits per heavy atom. The highest BCUT2D eigenvalue weighted by Gasteiger charge is 2.20. The molecule has 0 aromatic rings. The van der Waals surface area contributed by atoms with Crippen molar-refractivity contribution >= 4 is 11.9 Å². The minimum absolute atomic E-state index is 0.0269. The summed E-state index contributed by atoms with van der Waals surface area (Å²) in [5.74, 6) is -0.0876. The van der Waals surface area contributed by atoms with E-state index in [0.717, 1.165) is 64.2 Å². The van der Waals surface area contributed by atoms with E-state index < -0.39 is 12.1 Å². The molecule has 0 saturated heterocycles. The molecule has 0 rings (SSSR count). The zero-order valence-corrected chi connectivity index (χ0v) is 36.7. The highest BCUT2D eigenvalue weighted by atomic mass is 16.5. The monoisotopic (exact) mass is 776 g/mol. The molecule has 324 valence electrons. The standard InChI is InChI=1S/C49H93NO5/c1-3-5-7-9-11-13-15-16-17-18-19-20-21-22-27-31-35-39-43-49(54)55-44-40-36-32-28-24-23-26-30-34-38-42-48(53)50-46(45-51)47(52)41-37-33-29-25-14-12-10-8-6-4-2/h13,15,17-18,46-47,51-52H,3-12,14,16,19-45H2,1-2H3,(H,50,53)/b15-13-,18-17-. The molecule has 1 amide bonds. The first-order valence-corrected chi connectivity index (χ1v) is 24.1. The van der Waals surface area contributed by atoms with Crippen LogP contribution < -0.4 is 5.32 Å². The van der Waals surface area contributed by atoms with Crippen molar-refractivity contribution in [3.63, 3.8) is 0 Å². The van der Waals surface area contributed by atoms with E-state index in [9.17, 15) is 19.8 Å². The maximum absolute atomic E-state index is 12.4. The van der Waals surface area contributed by atoms with Crippen LogP contribution in [0.3, 0.4) is 0 Å². The minimum atomic E-state index is -0.677. The second kappa shape index (κ2) is 45.0. The third-order valence-electron chi connectivity index (χ3n) is 11.0. The van der Waals surface area contributed by atoms with Gasteiger partial charge in [0.2, 0.25) is 5.91 Å². The van der Waals surface area contributed by atoms with Gasteiger partial charge in [0.1, 0.15) is 0 Å². The molecule has 0 aliphatic heterocycles. The van der Waals surface area contributed by atoms with E-state index in [4.69, 9.17) is 4.74 Å². The molecule has 0 aromatic heterocycles. The number of nitrogens with one attached hydrogen (secondary N) is 1. The lowest BCUT2D eigenvalue weighted by Crippen LogP contribution is -2.45. The van der Waals surface area contributed by atoms with Crippen molar-refractivity contribution in [3.8, 4) is 0 Å². The van der Waals surface area contributed by atoms with E-state index in [1.807, 2.05) is 0 Å².